The molecule has 0 bridgehead atoms. The number of rotatable bonds is 10. The van der Waals surface area contributed by atoms with E-state index in [0.717, 1.165) is 11.1 Å². The Labute approximate surface area is 233 Å². The zero-order valence-electron chi connectivity index (χ0n) is 22.7. The number of methoxy groups -OCH3 is 4. The van der Waals surface area contributed by atoms with Crippen molar-refractivity contribution in [2.75, 3.05) is 39.1 Å². The van der Waals surface area contributed by atoms with Crippen LogP contribution in [0, 0.1) is 0 Å². The van der Waals surface area contributed by atoms with Crippen molar-refractivity contribution in [1.82, 2.24) is 0 Å². The maximum Gasteiger partial charge on any atom is 0.259 e. The second-order valence-corrected chi connectivity index (χ2v) is 8.62. The average Bonchev–Trinajstić information content (AvgIpc) is 3.00. The fourth-order valence-corrected chi connectivity index (χ4v) is 3.92. The Morgan fingerprint density at radius 2 is 0.900 bits per heavy atom. The van der Waals surface area contributed by atoms with Crippen LogP contribution >= 0.6 is 0 Å². The minimum Gasteiger partial charge on any atom is -0.497 e. The normalized spacial score (nSPS) is 10.6. The van der Waals surface area contributed by atoms with Gasteiger partial charge in [-0.15, -0.1) is 0 Å². The van der Waals surface area contributed by atoms with E-state index in [-0.39, 0.29) is 11.8 Å². The Kier molecular flexibility index (Phi) is 9.04. The van der Waals surface area contributed by atoms with E-state index >= 15 is 0 Å². The van der Waals surface area contributed by atoms with E-state index in [1.165, 1.54) is 14.2 Å². The lowest BCUT2D eigenvalue weighted by molar-refractivity contribution is 0.101. The lowest BCUT2D eigenvalue weighted by atomic mass is 10.1. The number of hydrogen-bond acceptors (Lipinski definition) is 6. The third-order valence-electron chi connectivity index (χ3n) is 6.11. The van der Waals surface area contributed by atoms with Gasteiger partial charge in [0.05, 0.1) is 39.6 Å². The van der Waals surface area contributed by atoms with Crippen LogP contribution in [0.3, 0.4) is 0 Å². The molecule has 0 aliphatic rings. The summed E-state index contributed by atoms with van der Waals surface area (Å²) >= 11 is 0. The molecule has 204 valence electrons. The molecule has 4 aromatic carbocycles. The average molecular weight is 539 g/mol. The van der Waals surface area contributed by atoms with Gasteiger partial charge in [-0.25, -0.2) is 0 Å². The Morgan fingerprint density at radius 1 is 0.525 bits per heavy atom. The number of ether oxygens (including phenoxy) is 4. The van der Waals surface area contributed by atoms with E-state index in [1.54, 1.807) is 50.6 Å². The second kappa shape index (κ2) is 13.0. The Balaban J connectivity index is 1.36. The molecule has 0 saturated carbocycles. The summed E-state index contributed by atoms with van der Waals surface area (Å²) in [4.78, 5) is 25.5. The first kappa shape index (κ1) is 27.8. The number of nitrogens with one attached hydrogen (secondary N) is 2. The van der Waals surface area contributed by atoms with Gasteiger partial charge in [-0.1, -0.05) is 36.4 Å². The largest absolute Gasteiger partial charge is 0.497 e. The molecule has 0 atom stereocenters. The summed E-state index contributed by atoms with van der Waals surface area (Å²) in [5.74, 6) is 1.53. The second-order valence-electron chi connectivity index (χ2n) is 8.62. The van der Waals surface area contributed by atoms with E-state index in [2.05, 4.69) is 10.6 Å². The zero-order chi connectivity index (χ0) is 28.5. The number of benzene rings is 4. The standard InChI is InChI=1S/C32H30N2O6/c1-37-25-15-17-27(29(19-25)39-3)31(35)33-23-11-7-21(8-12-23)5-6-22-9-13-24(14-10-22)34-32(36)28-18-16-26(38-2)20-30(28)40-4/h5-20H,1-4H3,(H,33,35)(H,34,36). The van der Waals surface area contributed by atoms with E-state index in [4.69, 9.17) is 18.9 Å². The molecule has 0 saturated heterocycles. The molecule has 8 nitrogen and oxygen atoms in total. The fraction of sp³-hybridized carbons (Fsp3) is 0.125. The van der Waals surface area contributed by atoms with E-state index in [9.17, 15) is 9.59 Å². The van der Waals surface area contributed by atoms with Crippen LogP contribution < -0.4 is 29.6 Å². The van der Waals surface area contributed by atoms with Crippen LogP contribution in [0.15, 0.2) is 84.9 Å². The van der Waals surface area contributed by atoms with Gasteiger partial charge in [0.25, 0.3) is 11.8 Å². The predicted molar refractivity (Wildman–Crippen MR) is 157 cm³/mol. The van der Waals surface area contributed by atoms with Gasteiger partial charge in [-0.05, 0) is 59.7 Å². The van der Waals surface area contributed by atoms with Gasteiger partial charge < -0.3 is 29.6 Å². The van der Waals surface area contributed by atoms with Crippen LogP contribution in [0.25, 0.3) is 12.2 Å². The van der Waals surface area contributed by atoms with E-state index < -0.39 is 0 Å². The molecule has 0 fully saturated rings. The lowest BCUT2D eigenvalue weighted by Gasteiger charge is -2.11. The summed E-state index contributed by atoms with van der Waals surface area (Å²) in [6.07, 6.45) is 3.93. The van der Waals surface area contributed by atoms with Crippen LogP contribution in [0.1, 0.15) is 31.8 Å². The molecule has 2 N–H and O–H groups in total. The molecule has 40 heavy (non-hydrogen) atoms. The number of carbonyl (C=O) groups is 2. The van der Waals surface area contributed by atoms with Crippen LogP contribution in [0.5, 0.6) is 23.0 Å². The minimum atomic E-state index is -0.277. The van der Waals surface area contributed by atoms with Gasteiger partial charge in [0.1, 0.15) is 23.0 Å². The quantitative estimate of drug-likeness (QED) is 0.227. The topological polar surface area (TPSA) is 95.1 Å². The van der Waals surface area contributed by atoms with Crippen molar-refractivity contribution >= 4 is 35.3 Å². The number of carbonyl (C=O) groups excluding carboxylic acids is 2. The van der Waals surface area contributed by atoms with Crippen LogP contribution in [-0.2, 0) is 0 Å². The summed E-state index contributed by atoms with van der Waals surface area (Å²) in [5.41, 5.74) is 4.07. The van der Waals surface area contributed by atoms with Crippen molar-refractivity contribution in [3.63, 3.8) is 0 Å². The Bertz CT molecular complexity index is 1400. The smallest absolute Gasteiger partial charge is 0.259 e. The molecule has 0 heterocycles. The molecule has 0 unspecified atom stereocenters. The summed E-state index contributed by atoms with van der Waals surface area (Å²) in [7, 11) is 6.14. The highest BCUT2D eigenvalue weighted by atomic mass is 16.5. The lowest BCUT2D eigenvalue weighted by Crippen LogP contribution is -2.13. The van der Waals surface area contributed by atoms with Crippen LogP contribution in [0.4, 0.5) is 11.4 Å². The maximum absolute atomic E-state index is 12.7. The first-order valence-corrected chi connectivity index (χ1v) is 12.4. The molecule has 0 spiro atoms. The number of amides is 2. The Morgan fingerprint density at radius 3 is 1.23 bits per heavy atom. The molecule has 4 rings (SSSR count). The van der Waals surface area contributed by atoms with Crippen molar-refractivity contribution in [3.05, 3.63) is 107 Å². The summed E-state index contributed by atoms with van der Waals surface area (Å²) in [5, 5.41) is 5.77. The predicted octanol–water partition coefficient (Wildman–Crippen LogP) is 6.40. The SMILES string of the molecule is COc1ccc(C(=O)Nc2ccc(C=Cc3ccc(NC(=O)c4ccc(OC)cc4OC)cc3)cc2)c(OC)c1. The molecule has 8 heteroatoms. The van der Waals surface area contributed by atoms with Gasteiger partial charge in [0, 0.05) is 23.5 Å². The Hall–Kier alpha value is -5.24. The summed E-state index contributed by atoms with van der Waals surface area (Å²) < 4.78 is 21.0. The molecule has 2 amide bonds. The fourth-order valence-electron chi connectivity index (χ4n) is 3.92. The van der Waals surface area contributed by atoms with Crippen LogP contribution in [0.2, 0.25) is 0 Å². The van der Waals surface area contributed by atoms with Crippen molar-refractivity contribution < 1.29 is 28.5 Å². The van der Waals surface area contributed by atoms with Gasteiger partial charge in [0.2, 0.25) is 0 Å². The highest BCUT2D eigenvalue weighted by Crippen LogP contribution is 2.27. The highest BCUT2D eigenvalue weighted by molar-refractivity contribution is 6.07. The molecule has 4 aromatic rings. The van der Waals surface area contributed by atoms with Crippen molar-refractivity contribution in [2.24, 2.45) is 0 Å². The van der Waals surface area contributed by atoms with Gasteiger partial charge in [0.15, 0.2) is 0 Å². The van der Waals surface area contributed by atoms with Crippen molar-refractivity contribution in [2.45, 2.75) is 0 Å². The van der Waals surface area contributed by atoms with Gasteiger partial charge >= 0.3 is 0 Å². The summed E-state index contributed by atoms with van der Waals surface area (Å²) in [6, 6.07) is 25.1. The number of hydrogen-bond donors (Lipinski definition) is 2. The van der Waals surface area contributed by atoms with E-state index in [0.29, 0.717) is 45.5 Å². The maximum atomic E-state index is 12.7. The van der Waals surface area contributed by atoms with Gasteiger partial charge in [-0.2, -0.15) is 0 Å². The third kappa shape index (κ3) is 6.79. The molecule has 0 aromatic heterocycles. The molecular formula is C32H30N2O6. The van der Waals surface area contributed by atoms with Crippen molar-refractivity contribution in [3.8, 4) is 23.0 Å². The monoisotopic (exact) mass is 538 g/mol. The van der Waals surface area contributed by atoms with Gasteiger partial charge in [-0.3, -0.25) is 9.59 Å². The minimum absolute atomic E-state index is 0.277. The highest BCUT2D eigenvalue weighted by Gasteiger charge is 2.15. The third-order valence-corrected chi connectivity index (χ3v) is 6.11. The molecule has 0 aliphatic carbocycles. The number of anilines is 2. The zero-order valence-corrected chi connectivity index (χ0v) is 22.7. The molecule has 0 radical (unpaired) electrons. The van der Waals surface area contributed by atoms with E-state index in [1.807, 2.05) is 60.7 Å². The van der Waals surface area contributed by atoms with Crippen molar-refractivity contribution in [1.29, 1.82) is 0 Å². The first-order chi connectivity index (χ1) is 19.4. The molecule has 0 aliphatic heterocycles. The van der Waals surface area contributed by atoms with Crippen LogP contribution in [-0.4, -0.2) is 40.3 Å². The summed E-state index contributed by atoms with van der Waals surface area (Å²) in [6.45, 7) is 0. The first-order valence-electron chi connectivity index (χ1n) is 12.4. The molecular weight excluding hydrogens is 508 g/mol.